The molecule has 0 unspecified atom stereocenters. The number of para-hydroxylation sites is 1. The van der Waals surface area contributed by atoms with E-state index in [-0.39, 0.29) is 17.9 Å². The number of hydrogen-bond donors (Lipinski definition) is 1. The minimum absolute atomic E-state index is 0.0446. The quantitative estimate of drug-likeness (QED) is 0.695. The third kappa shape index (κ3) is 4.21. The van der Waals surface area contributed by atoms with Crippen LogP contribution in [-0.2, 0) is 17.8 Å². The van der Waals surface area contributed by atoms with Crippen molar-refractivity contribution in [3.05, 3.63) is 82.2 Å². The molecule has 6 nitrogen and oxygen atoms in total. The minimum atomic E-state index is -1.03. The number of hydrogen-bond acceptors (Lipinski definition) is 3. The van der Waals surface area contributed by atoms with Gasteiger partial charge in [0.2, 0.25) is 5.91 Å². The van der Waals surface area contributed by atoms with Crippen molar-refractivity contribution in [3.8, 4) is 5.69 Å². The Morgan fingerprint density at radius 2 is 1.69 bits per heavy atom. The Labute approximate surface area is 170 Å². The zero-order valence-corrected chi connectivity index (χ0v) is 17.1. The van der Waals surface area contributed by atoms with Crippen molar-refractivity contribution in [2.24, 2.45) is 0 Å². The van der Waals surface area contributed by atoms with Gasteiger partial charge in [-0.25, -0.2) is 9.48 Å². The third-order valence-corrected chi connectivity index (χ3v) is 5.20. The average Bonchev–Trinajstić information content (AvgIpc) is 2.96. The number of rotatable bonds is 6. The number of carbonyl (C=O) groups excluding carboxylic acids is 1. The number of aromatic nitrogens is 2. The highest BCUT2D eigenvalue weighted by Gasteiger charge is 2.19. The second kappa shape index (κ2) is 8.31. The highest BCUT2D eigenvalue weighted by molar-refractivity contribution is 5.91. The first-order chi connectivity index (χ1) is 13.8. The molecule has 29 heavy (non-hydrogen) atoms. The molecule has 0 radical (unpaired) electrons. The van der Waals surface area contributed by atoms with E-state index in [0.29, 0.717) is 12.1 Å². The number of carbonyl (C=O) groups is 2. The van der Waals surface area contributed by atoms with Gasteiger partial charge in [0.15, 0.2) is 0 Å². The maximum absolute atomic E-state index is 12.8. The second-order valence-corrected chi connectivity index (χ2v) is 7.24. The Kier molecular flexibility index (Phi) is 5.82. The molecule has 0 fully saturated rings. The van der Waals surface area contributed by atoms with Crippen LogP contribution in [0.25, 0.3) is 5.69 Å². The molecule has 0 atom stereocenters. The summed E-state index contributed by atoms with van der Waals surface area (Å²) in [6.45, 7) is 6.40. The van der Waals surface area contributed by atoms with Crippen LogP contribution in [-0.4, -0.2) is 38.7 Å². The van der Waals surface area contributed by atoms with Crippen LogP contribution < -0.4 is 0 Å². The third-order valence-electron chi connectivity index (χ3n) is 5.20. The number of aromatic carboxylic acids is 1. The fraction of sp³-hybridized carbons (Fsp3) is 0.261. The van der Waals surface area contributed by atoms with E-state index in [2.05, 4.69) is 5.10 Å². The van der Waals surface area contributed by atoms with Crippen molar-refractivity contribution in [3.63, 3.8) is 0 Å². The molecule has 0 bridgehead atoms. The van der Waals surface area contributed by atoms with Crippen LogP contribution in [0.2, 0.25) is 0 Å². The summed E-state index contributed by atoms with van der Waals surface area (Å²) in [5.41, 5.74) is 5.67. The van der Waals surface area contributed by atoms with E-state index in [1.54, 1.807) is 30.1 Å². The van der Waals surface area contributed by atoms with Crippen LogP contribution in [0.5, 0.6) is 0 Å². The minimum Gasteiger partial charge on any atom is -0.478 e. The number of aryl methyl sites for hydroxylation is 2. The molecule has 1 aromatic heterocycles. The molecule has 1 heterocycles. The SMILES string of the molecule is Cc1ccccc1-n1nc(C)c(CN(C)C(=O)Cc2ccccc2C(=O)O)c1C. The lowest BCUT2D eigenvalue weighted by molar-refractivity contribution is -0.129. The van der Waals surface area contributed by atoms with Crippen molar-refractivity contribution in [1.29, 1.82) is 0 Å². The predicted octanol–water partition coefficient (Wildman–Crippen LogP) is 3.70. The summed E-state index contributed by atoms with van der Waals surface area (Å²) in [5.74, 6) is -1.16. The van der Waals surface area contributed by atoms with Crippen molar-refractivity contribution in [2.45, 2.75) is 33.7 Å². The van der Waals surface area contributed by atoms with Crippen LogP contribution in [0.4, 0.5) is 0 Å². The first-order valence-corrected chi connectivity index (χ1v) is 9.46. The summed E-state index contributed by atoms with van der Waals surface area (Å²) < 4.78 is 1.91. The normalized spacial score (nSPS) is 10.8. The van der Waals surface area contributed by atoms with Crippen molar-refractivity contribution >= 4 is 11.9 Å². The Hall–Kier alpha value is -3.41. The second-order valence-electron chi connectivity index (χ2n) is 7.24. The van der Waals surface area contributed by atoms with Gasteiger partial charge in [0.05, 0.1) is 23.4 Å². The number of carboxylic acid groups (broad SMARTS) is 1. The largest absolute Gasteiger partial charge is 0.478 e. The molecule has 6 heteroatoms. The topological polar surface area (TPSA) is 75.4 Å². The molecule has 3 rings (SSSR count). The Morgan fingerprint density at radius 1 is 1.03 bits per heavy atom. The molecule has 0 aliphatic carbocycles. The molecule has 2 aromatic carbocycles. The van der Waals surface area contributed by atoms with Gasteiger partial charge in [-0.3, -0.25) is 4.79 Å². The molecular weight excluding hydrogens is 366 g/mol. The van der Waals surface area contributed by atoms with E-state index in [1.165, 1.54) is 6.07 Å². The van der Waals surface area contributed by atoms with Crippen LogP contribution in [0.1, 0.15) is 38.4 Å². The highest BCUT2D eigenvalue weighted by atomic mass is 16.4. The number of benzene rings is 2. The van der Waals surface area contributed by atoms with Gasteiger partial charge in [0.1, 0.15) is 0 Å². The summed E-state index contributed by atoms with van der Waals surface area (Å²) in [6, 6.07) is 14.6. The number of amides is 1. The summed E-state index contributed by atoms with van der Waals surface area (Å²) in [6.07, 6.45) is 0.0446. The smallest absolute Gasteiger partial charge is 0.335 e. The summed E-state index contributed by atoms with van der Waals surface area (Å²) in [4.78, 5) is 25.8. The van der Waals surface area contributed by atoms with Crippen molar-refractivity contribution in [1.82, 2.24) is 14.7 Å². The molecular formula is C23H25N3O3. The first kappa shape index (κ1) is 20.3. The van der Waals surface area contributed by atoms with Crippen molar-refractivity contribution < 1.29 is 14.7 Å². The zero-order valence-electron chi connectivity index (χ0n) is 17.1. The van der Waals surface area contributed by atoms with Gasteiger partial charge < -0.3 is 10.0 Å². The Morgan fingerprint density at radius 3 is 2.38 bits per heavy atom. The fourth-order valence-electron chi connectivity index (χ4n) is 3.45. The lowest BCUT2D eigenvalue weighted by Gasteiger charge is -2.18. The molecule has 150 valence electrons. The van der Waals surface area contributed by atoms with Gasteiger partial charge in [-0.2, -0.15) is 5.10 Å². The Balaban J connectivity index is 1.81. The number of carboxylic acids is 1. The molecule has 0 saturated heterocycles. The highest BCUT2D eigenvalue weighted by Crippen LogP contribution is 2.22. The monoisotopic (exact) mass is 391 g/mol. The molecule has 0 aliphatic rings. The maximum atomic E-state index is 12.8. The van der Waals surface area contributed by atoms with Gasteiger partial charge in [-0.05, 0) is 44.0 Å². The van der Waals surface area contributed by atoms with E-state index >= 15 is 0 Å². The number of nitrogens with zero attached hydrogens (tertiary/aromatic N) is 3. The standard InChI is InChI=1S/C23H25N3O3/c1-15-9-5-8-12-21(15)26-17(3)20(16(2)24-26)14-25(4)22(27)13-18-10-6-7-11-19(18)23(28)29/h5-12H,13-14H2,1-4H3,(H,28,29). The summed E-state index contributed by atoms with van der Waals surface area (Å²) in [5, 5.41) is 14.0. The predicted molar refractivity (Wildman–Crippen MR) is 111 cm³/mol. The van der Waals surface area contributed by atoms with E-state index in [9.17, 15) is 14.7 Å². The average molecular weight is 391 g/mol. The fourth-order valence-corrected chi connectivity index (χ4v) is 3.45. The van der Waals surface area contributed by atoms with Gasteiger partial charge in [-0.15, -0.1) is 0 Å². The maximum Gasteiger partial charge on any atom is 0.335 e. The lowest BCUT2D eigenvalue weighted by atomic mass is 10.0. The zero-order chi connectivity index (χ0) is 21.1. The van der Waals surface area contributed by atoms with E-state index in [1.807, 2.05) is 49.7 Å². The summed E-state index contributed by atoms with van der Waals surface area (Å²) in [7, 11) is 1.73. The molecule has 1 N–H and O–H groups in total. The van der Waals surface area contributed by atoms with Gasteiger partial charge >= 0.3 is 5.97 Å². The van der Waals surface area contributed by atoms with Crippen LogP contribution in [0, 0.1) is 20.8 Å². The molecule has 3 aromatic rings. The van der Waals surface area contributed by atoms with Crippen LogP contribution >= 0.6 is 0 Å². The summed E-state index contributed by atoms with van der Waals surface area (Å²) >= 11 is 0. The molecule has 0 saturated carbocycles. The van der Waals surface area contributed by atoms with Gasteiger partial charge in [-0.1, -0.05) is 36.4 Å². The molecule has 0 spiro atoms. The van der Waals surface area contributed by atoms with Gasteiger partial charge in [0, 0.05) is 24.8 Å². The van der Waals surface area contributed by atoms with E-state index < -0.39 is 5.97 Å². The van der Waals surface area contributed by atoms with E-state index in [4.69, 9.17) is 0 Å². The lowest BCUT2D eigenvalue weighted by Crippen LogP contribution is -2.28. The van der Waals surface area contributed by atoms with Crippen LogP contribution in [0.3, 0.4) is 0 Å². The van der Waals surface area contributed by atoms with Crippen LogP contribution in [0.15, 0.2) is 48.5 Å². The first-order valence-electron chi connectivity index (χ1n) is 9.46. The van der Waals surface area contributed by atoms with Gasteiger partial charge in [0.25, 0.3) is 0 Å². The molecule has 0 aliphatic heterocycles. The Bertz CT molecular complexity index is 1070. The van der Waals surface area contributed by atoms with E-state index in [0.717, 1.165) is 28.2 Å². The van der Waals surface area contributed by atoms with Crippen molar-refractivity contribution in [2.75, 3.05) is 7.05 Å². The molecule has 1 amide bonds. The number of likely N-dealkylation sites (N-methyl/N-ethyl adjacent to an activating group) is 1.